The molecule has 2 atom stereocenters. The maximum absolute atomic E-state index is 14.8. The third-order valence-corrected chi connectivity index (χ3v) is 5.74. The minimum atomic E-state index is -0.770. The molecular formula is C20H24ClFN8O3. The molecule has 4 rings (SSSR count). The second-order valence-electron chi connectivity index (χ2n) is 8.94. The average Bonchev–Trinajstić information content (AvgIpc) is 3.02. The van der Waals surface area contributed by atoms with Gasteiger partial charge in [0.1, 0.15) is 16.9 Å². The number of aromatic nitrogens is 3. The van der Waals surface area contributed by atoms with Gasteiger partial charge in [0.25, 0.3) is 0 Å². The summed E-state index contributed by atoms with van der Waals surface area (Å²) in [5.74, 6) is -0.323. The predicted molar refractivity (Wildman–Crippen MR) is 119 cm³/mol. The average molecular weight is 479 g/mol. The van der Waals surface area contributed by atoms with Crippen LogP contribution in [0.15, 0.2) is 11.3 Å². The standard InChI is InChI=1S/C20H24ClFN8O3/c1-20(2,3)33-19(31)30-11-4-5-12(30)10-29(9-11)17-13-8-24-16(21)14(22)15(13)26-18(27-17)32-7-6-25-28-23/h8,11-12H,4-7,9-10H2,1-3H3/t11-,12+. The second kappa shape index (κ2) is 9.03. The zero-order valence-electron chi connectivity index (χ0n) is 18.5. The Morgan fingerprint density at radius 1 is 1.33 bits per heavy atom. The maximum Gasteiger partial charge on any atom is 0.410 e. The van der Waals surface area contributed by atoms with Crippen molar-refractivity contribution in [3.63, 3.8) is 0 Å². The molecule has 2 aliphatic heterocycles. The zero-order valence-corrected chi connectivity index (χ0v) is 19.3. The van der Waals surface area contributed by atoms with Crippen LogP contribution in [0.4, 0.5) is 15.0 Å². The van der Waals surface area contributed by atoms with E-state index in [0.717, 1.165) is 12.8 Å². The molecule has 2 aromatic heterocycles. The van der Waals surface area contributed by atoms with Crippen LogP contribution in [-0.2, 0) is 4.74 Å². The first kappa shape index (κ1) is 23.1. The number of ether oxygens (including phenoxy) is 2. The molecule has 11 nitrogen and oxygen atoms in total. The van der Waals surface area contributed by atoms with Crippen molar-refractivity contribution in [1.82, 2.24) is 19.9 Å². The van der Waals surface area contributed by atoms with Crippen LogP contribution < -0.4 is 9.64 Å². The summed E-state index contributed by atoms with van der Waals surface area (Å²) in [7, 11) is 0. The largest absolute Gasteiger partial charge is 0.463 e. The van der Waals surface area contributed by atoms with Crippen molar-refractivity contribution in [3.8, 4) is 6.01 Å². The van der Waals surface area contributed by atoms with Gasteiger partial charge in [0.05, 0.1) is 30.6 Å². The molecule has 0 spiro atoms. The van der Waals surface area contributed by atoms with E-state index in [1.165, 1.54) is 6.20 Å². The van der Waals surface area contributed by atoms with E-state index in [1.807, 2.05) is 25.7 Å². The molecule has 33 heavy (non-hydrogen) atoms. The van der Waals surface area contributed by atoms with E-state index in [1.54, 1.807) is 4.90 Å². The van der Waals surface area contributed by atoms with Crippen molar-refractivity contribution in [1.29, 1.82) is 0 Å². The molecule has 0 radical (unpaired) electrons. The van der Waals surface area contributed by atoms with Gasteiger partial charge in [-0.15, -0.1) is 0 Å². The number of halogens is 2. The summed E-state index contributed by atoms with van der Waals surface area (Å²) in [6, 6.07) is -0.195. The molecule has 176 valence electrons. The van der Waals surface area contributed by atoms with E-state index in [-0.39, 0.29) is 48.0 Å². The van der Waals surface area contributed by atoms with Crippen molar-refractivity contribution < 1.29 is 18.7 Å². The van der Waals surface area contributed by atoms with Crippen LogP contribution in [0.3, 0.4) is 0 Å². The smallest absolute Gasteiger partial charge is 0.410 e. The molecule has 2 aliphatic rings. The van der Waals surface area contributed by atoms with Gasteiger partial charge in [-0.3, -0.25) is 4.90 Å². The third-order valence-electron chi connectivity index (χ3n) is 5.47. The Morgan fingerprint density at radius 3 is 2.67 bits per heavy atom. The van der Waals surface area contributed by atoms with E-state index < -0.39 is 11.4 Å². The maximum atomic E-state index is 14.8. The fourth-order valence-corrected chi connectivity index (χ4v) is 4.35. The van der Waals surface area contributed by atoms with Crippen LogP contribution in [0.25, 0.3) is 21.3 Å². The number of hydrogen-bond acceptors (Lipinski definition) is 8. The fraction of sp³-hybridized carbons (Fsp3) is 0.600. The highest BCUT2D eigenvalue weighted by Crippen LogP contribution is 2.36. The Kier molecular flexibility index (Phi) is 6.31. The minimum Gasteiger partial charge on any atom is -0.463 e. The summed E-state index contributed by atoms with van der Waals surface area (Å²) >= 11 is 5.87. The normalized spacial score (nSPS) is 20.0. The molecular weight excluding hydrogens is 455 g/mol. The van der Waals surface area contributed by atoms with Crippen molar-refractivity contribution in [2.45, 2.75) is 51.3 Å². The minimum absolute atomic E-state index is 0.0132. The first-order chi connectivity index (χ1) is 15.7. The second-order valence-corrected chi connectivity index (χ2v) is 9.29. The van der Waals surface area contributed by atoms with Crippen LogP contribution >= 0.6 is 11.6 Å². The first-order valence-electron chi connectivity index (χ1n) is 10.6. The molecule has 0 aliphatic carbocycles. The molecule has 0 aromatic carbocycles. The Labute approximate surface area is 194 Å². The van der Waals surface area contributed by atoms with Crippen molar-refractivity contribution in [2.24, 2.45) is 5.11 Å². The summed E-state index contributed by atoms with van der Waals surface area (Å²) in [5.41, 5.74) is 7.83. The Hall–Kier alpha value is -3.11. The van der Waals surface area contributed by atoms with Crippen molar-refractivity contribution in [2.75, 3.05) is 31.1 Å². The summed E-state index contributed by atoms with van der Waals surface area (Å²) in [6.07, 6.45) is 2.76. The van der Waals surface area contributed by atoms with E-state index in [2.05, 4.69) is 25.0 Å². The highest BCUT2D eigenvalue weighted by molar-refractivity contribution is 6.30. The van der Waals surface area contributed by atoms with Gasteiger partial charge in [0, 0.05) is 24.2 Å². The summed E-state index contributed by atoms with van der Waals surface area (Å²) in [4.78, 5) is 31.8. The van der Waals surface area contributed by atoms with Gasteiger partial charge >= 0.3 is 12.1 Å². The molecule has 4 heterocycles. The lowest BCUT2D eigenvalue weighted by molar-refractivity contribution is 0.0123. The van der Waals surface area contributed by atoms with Gasteiger partial charge in [0.15, 0.2) is 11.0 Å². The molecule has 0 unspecified atom stereocenters. The van der Waals surface area contributed by atoms with Crippen LogP contribution in [-0.4, -0.2) is 69.9 Å². The van der Waals surface area contributed by atoms with Gasteiger partial charge in [-0.1, -0.05) is 16.7 Å². The number of pyridine rings is 1. The quantitative estimate of drug-likeness (QED) is 0.208. The predicted octanol–water partition coefficient (Wildman–Crippen LogP) is 4.09. The number of nitrogens with zero attached hydrogens (tertiary/aromatic N) is 8. The fourth-order valence-electron chi connectivity index (χ4n) is 4.22. The van der Waals surface area contributed by atoms with Gasteiger partial charge in [-0.25, -0.2) is 14.2 Å². The number of amides is 1. The number of anilines is 1. The molecule has 0 N–H and O–H groups in total. The number of carbonyl (C=O) groups is 1. The van der Waals surface area contributed by atoms with E-state index in [4.69, 9.17) is 26.6 Å². The molecule has 2 bridgehead atoms. The van der Waals surface area contributed by atoms with Crippen LogP contribution in [0.2, 0.25) is 5.15 Å². The van der Waals surface area contributed by atoms with Gasteiger partial charge in [-0.05, 0) is 39.1 Å². The monoisotopic (exact) mass is 478 g/mol. The molecule has 0 saturated carbocycles. The van der Waals surface area contributed by atoms with Crippen LogP contribution in [0, 0.1) is 5.82 Å². The highest BCUT2D eigenvalue weighted by atomic mass is 35.5. The van der Waals surface area contributed by atoms with Crippen LogP contribution in [0.1, 0.15) is 33.6 Å². The Balaban J connectivity index is 1.65. The Bertz CT molecular complexity index is 1110. The van der Waals surface area contributed by atoms with Crippen molar-refractivity contribution >= 4 is 34.4 Å². The van der Waals surface area contributed by atoms with E-state index >= 15 is 0 Å². The van der Waals surface area contributed by atoms with Gasteiger partial charge < -0.3 is 14.4 Å². The zero-order chi connectivity index (χ0) is 23.8. The molecule has 13 heteroatoms. The molecule has 2 saturated heterocycles. The molecule has 2 fully saturated rings. The summed E-state index contributed by atoms with van der Waals surface area (Å²) < 4.78 is 25.9. The topological polar surface area (TPSA) is 129 Å². The number of carbonyl (C=O) groups excluding carboxylic acids is 1. The molecule has 1 amide bonds. The Morgan fingerprint density at radius 2 is 2.03 bits per heavy atom. The lowest BCUT2D eigenvalue weighted by Crippen LogP contribution is -2.57. The van der Waals surface area contributed by atoms with Gasteiger partial charge in [0.2, 0.25) is 0 Å². The lowest BCUT2D eigenvalue weighted by atomic mass is 10.1. The van der Waals surface area contributed by atoms with E-state index in [0.29, 0.717) is 24.3 Å². The van der Waals surface area contributed by atoms with Crippen LogP contribution in [0.5, 0.6) is 6.01 Å². The number of rotatable bonds is 5. The number of fused-ring (bicyclic) bond motifs is 3. The SMILES string of the molecule is CC(C)(C)OC(=O)N1[C@@H]2CC[C@H]1CN(c1nc(OCCN=[N+]=[N-])nc3c(F)c(Cl)ncc13)C2. The number of hydrogen-bond donors (Lipinski definition) is 0. The van der Waals surface area contributed by atoms with E-state index in [9.17, 15) is 9.18 Å². The number of azide groups is 1. The lowest BCUT2D eigenvalue weighted by Gasteiger charge is -2.42. The number of piperazine rings is 1. The summed E-state index contributed by atoms with van der Waals surface area (Å²) in [5, 5.41) is 3.50. The highest BCUT2D eigenvalue weighted by Gasteiger charge is 2.45. The van der Waals surface area contributed by atoms with Crippen molar-refractivity contribution in [3.05, 3.63) is 27.6 Å². The third kappa shape index (κ3) is 4.81. The van der Waals surface area contributed by atoms with Gasteiger partial charge in [-0.2, -0.15) is 9.97 Å². The molecule has 2 aromatic rings. The first-order valence-corrected chi connectivity index (χ1v) is 11.0. The summed E-state index contributed by atoms with van der Waals surface area (Å²) in [6.45, 7) is 6.61.